The summed E-state index contributed by atoms with van der Waals surface area (Å²) in [5.41, 5.74) is 0.903. The highest BCUT2D eigenvalue weighted by Gasteiger charge is 1.98. The Morgan fingerprint density at radius 3 is 2.87 bits per heavy atom. The maximum atomic E-state index is 10.3. The molecule has 3 heteroatoms. The number of rotatable bonds is 5. The van der Waals surface area contributed by atoms with Crippen molar-refractivity contribution in [2.75, 3.05) is 6.61 Å². The first-order valence-electron chi connectivity index (χ1n) is 4.84. The largest absolute Gasteiger partial charge is 0.493 e. The van der Waals surface area contributed by atoms with E-state index in [1.54, 1.807) is 12.2 Å². The lowest BCUT2D eigenvalue weighted by Gasteiger charge is -2.05. The van der Waals surface area contributed by atoms with Gasteiger partial charge in [-0.25, -0.2) is 0 Å². The smallest absolute Gasteiger partial charge is 0.307 e. The molecule has 0 saturated heterocycles. The number of para-hydroxylation sites is 1. The molecule has 0 aliphatic rings. The zero-order valence-electron chi connectivity index (χ0n) is 8.64. The number of benzene rings is 1. The Hall–Kier alpha value is -1.77. The SMILES string of the molecule is CCOc1ccccc1C=CCC(=O)O. The summed E-state index contributed by atoms with van der Waals surface area (Å²) in [6, 6.07) is 7.54. The molecular formula is C12H14O3. The molecule has 3 nitrogen and oxygen atoms in total. The summed E-state index contributed by atoms with van der Waals surface area (Å²) in [4.78, 5) is 10.3. The predicted molar refractivity (Wildman–Crippen MR) is 58.9 cm³/mol. The lowest BCUT2D eigenvalue weighted by molar-refractivity contribution is -0.135. The van der Waals surface area contributed by atoms with Crippen molar-refractivity contribution in [1.82, 2.24) is 0 Å². The molecule has 1 rings (SSSR count). The zero-order valence-corrected chi connectivity index (χ0v) is 8.64. The van der Waals surface area contributed by atoms with Gasteiger partial charge in [0.05, 0.1) is 13.0 Å². The van der Waals surface area contributed by atoms with Crippen LogP contribution < -0.4 is 4.74 Å². The van der Waals surface area contributed by atoms with Crippen LogP contribution in [0.15, 0.2) is 30.3 Å². The maximum absolute atomic E-state index is 10.3. The Morgan fingerprint density at radius 2 is 2.20 bits per heavy atom. The molecule has 0 unspecified atom stereocenters. The van der Waals surface area contributed by atoms with Crippen LogP contribution in [-0.2, 0) is 4.79 Å². The van der Waals surface area contributed by atoms with Crippen LogP contribution in [-0.4, -0.2) is 17.7 Å². The first-order valence-corrected chi connectivity index (χ1v) is 4.84. The Morgan fingerprint density at radius 1 is 1.47 bits per heavy atom. The van der Waals surface area contributed by atoms with Crippen LogP contribution in [0.3, 0.4) is 0 Å². The highest BCUT2D eigenvalue weighted by atomic mass is 16.5. The van der Waals surface area contributed by atoms with E-state index in [9.17, 15) is 4.79 Å². The van der Waals surface area contributed by atoms with E-state index in [1.807, 2.05) is 31.2 Å². The van der Waals surface area contributed by atoms with Gasteiger partial charge in [0.1, 0.15) is 5.75 Å². The summed E-state index contributed by atoms with van der Waals surface area (Å²) in [5, 5.41) is 8.48. The fourth-order valence-electron chi connectivity index (χ4n) is 1.19. The fraction of sp³-hybridized carbons (Fsp3) is 0.250. The molecule has 0 heterocycles. The van der Waals surface area contributed by atoms with Crippen molar-refractivity contribution in [3.8, 4) is 5.75 Å². The van der Waals surface area contributed by atoms with E-state index in [4.69, 9.17) is 9.84 Å². The van der Waals surface area contributed by atoms with Crippen molar-refractivity contribution in [3.05, 3.63) is 35.9 Å². The van der Waals surface area contributed by atoms with E-state index < -0.39 is 5.97 Å². The molecule has 80 valence electrons. The first-order chi connectivity index (χ1) is 7.24. The lowest BCUT2D eigenvalue weighted by Crippen LogP contribution is -1.93. The van der Waals surface area contributed by atoms with Gasteiger partial charge in [-0.2, -0.15) is 0 Å². The zero-order chi connectivity index (χ0) is 11.1. The number of hydrogen-bond acceptors (Lipinski definition) is 2. The summed E-state index contributed by atoms with van der Waals surface area (Å²) in [6.07, 6.45) is 3.40. The number of hydrogen-bond donors (Lipinski definition) is 1. The highest BCUT2D eigenvalue weighted by molar-refractivity contribution is 5.71. The number of ether oxygens (including phenoxy) is 1. The summed E-state index contributed by atoms with van der Waals surface area (Å²) >= 11 is 0. The summed E-state index contributed by atoms with van der Waals surface area (Å²) < 4.78 is 5.40. The summed E-state index contributed by atoms with van der Waals surface area (Å²) in [5.74, 6) is -0.0539. The quantitative estimate of drug-likeness (QED) is 0.805. The minimum atomic E-state index is -0.833. The van der Waals surface area contributed by atoms with Crippen molar-refractivity contribution < 1.29 is 14.6 Å². The second kappa shape index (κ2) is 5.86. The molecule has 0 spiro atoms. The van der Waals surface area contributed by atoms with Gasteiger partial charge in [-0.15, -0.1) is 0 Å². The van der Waals surface area contributed by atoms with Crippen molar-refractivity contribution >= 4 is 12.0 Å². The van der Waals surface area contributed by atoms with Gasteiger partial charge in [0.2, 0.25) is 0 Å². The Labute approximate surface area is 89.0 Å². The molecule has 0 bridgehead atoms. The van der Waals surface area contributed by atoms with Crippen LogP contribution in [0.1, 0.15) is 18.9 Å². The average molecular weight is 206 g/mol. The molecule has 1 aromatic carbocycles. The first kappa shape index (κ1) is 11.3. The highest BCUT2D eigenvalue weighted by Crippen LogP contribution is 2.19. The molecular weight excluding hydrogens is 192 g/mol. The van der Waals surface area contributed by atoms with Gasteiger partial charge in [-0.05, 0) is 13.0 Å². The Bertz CT molecular complexity index is 356. The van der Waals surface area contributed by atoms with E-state index >= 15 is 0 Å². The van der Waals surface area contributed by atoms with E-state index in [0.29, 0.717) is 6.61 Å². The van der Waals surface area contributed by atoms with Gasteiger partial charge in [0.15, 0.2) is 0 Å². The minimum Gasteiger partial charge on any atom is -0.493 e. The van der Waals surface area contributed by atoms with E-state index in [1.165, 1.54) is 0 Å². The summed E-state index contributed by atoms with van der Waals surface area (Å²) in [6.45, 7) is 2.52. The molecule has 1 N–H and O–H groups in total. The Kier molecular flexibility index (Phi) is 4.41. The maximum Gasteiger partial charge on any atom is 0.307 e. The van der Waals surface area contributed by atoms with Crippen LogP contribution in [0.25, 0.3) is 6.08 Å². The third-order valence-electron chi connectivity index (χ3n) is 1.81. The van der Waals surface area contributed by atoms with Crippen molar-refractivity contribution in [2.24, 2.45) is 0 Å². The van der Waals surface area contributed by atoms with E-state index in [-0.39, 0.29) is 6.42 Å². The Balaban J connectivity index is 2.74. The van der Waals surface area contributed by atoms with Crippen molar-refractivity contribution in [2.45, 2.75) is 13.3 Å². The summed E-state index contributed by atoms with van der Waals surface area (Å²) in [7, 11) is 0. The van der Waals surface area contributed by atoms with Crippen LogP contribution in [0.5, 0.6) is 5.75 Å². The topological polar surface area (TPSA) is 46.5 Å². The van der Waals surface area contributed by atoms with Crippen LogP contribution in [0.4, 0.5) is 0 Å². The third kappa shape index (κ3) is 3.85. The van der Waals surface area contributed by atoms with Crippen LogP contribution in [0.2, 0.25) is 0 Å². The number of carboxylic acids is 1. The van der Waals surface area contributed by atoms with Crippen LogP contribution in [0, 0.1) is 0 Å². The average Bonchev–Trinajstić information content (AvgIpc) is 2.20. The van der Waals surface area contributed by atoms with Gasteiger partial charge < -0.3 is 9.84 Å². The van der Waals surface area contributed by atoms with Gasteiger partial charge in [-0.1, -0.05) is 30.4 Å². The molecule has 0 fully saturated rings. The van der Waals surface area contributed by atoms with Gasteiger partial charge in [0, 0.05) is 5.56 Å². The van der Waals surface area contributed by atoms with Gasteiger partial charge in [-0.3, -0.25) is 4.79 Å². The number of carbonyl (C=O) groups is 1. The molecule has 0 aromatic heterocycles. The molecule has 0 saturated carbocycles. The molecule has 0 amide bonds. The van der Waals surface area contributed by atoms with E-state index in [2.05, 4.69) is 0 Å². The number of carboxylic acid groups (broad SMARTS) is 1. The van der Waals surface area contributed by atoms with Gasteiger partial charge >= 0.3 is 5.97 Å². The molecule has 0 aliphatic carbocycles. The normalized spacial score (nSPS) is 10.5. The molecule has 15 heavy (non-hydrogen) atoms. The second-order valence-electron chi connectivity index (χ2n) is 2.97. The van der Waals surface area contributed by atoms with Crippen LogP contribution >= 0.6 is 0 Å². The molecule has 0 aliphatic heterocycles. The number of aliphatic carboxylic acids is 1. The molecule has 0 radical (unpaired) electrons. The monoisotopic (exact) mass is 206 g/mol. The third-order valence-corrected chi connectivity index (χ3v) is 1.81. The van der Waals surface area contributed by atoms with E-state index in [0.717, 1.165) is 11.3 Å². The molecule has 1 aromatic rings. The minimum absolute atomic E-state index is 0.0282. The second-order valence-corrected chi connectivity index (χ2v) is 2.97. The van der Waals surface area contributed by atoms with Crippen molar-refractivity contribution in [3.63, 3.8) is 0 Å². The lowest BCUT2D eigenvalue weighted by atomic mass is 10.2. The van der Waals surface area contributed by atoms with Gasteiger partial charge in [0.25, 0.3) is 0 Å². The molecule has 0 atom stereocenters. The van der Waals surface area contributed by atoms with Crippen molar-refractivity contribution in [1.29, 1.82) is 0 Å². The predicted octanol–water partition coefficient (Wildman–Crippen LogP) is 2.57. The fourth-order valence-corrected chi connectivity index (χ4v) is 1.19. The standard InChI is InChI=1S/C12H14O3/c1-2-15-11-8-4-3-6-10(11)7-5-9-12(13)14/h3-8H,2,9H2,1H3,(H,13,14).